The van der Waals surface area contributed by atoms with Crippen LogP contribution >= 0.6 is 0 Å². The van der Waals surface area contributed by atoms with Crippen LogP contribution in [0.15, 0.2) is 24.3 Å². The van der Waals surface area contributed by atoms with Crippen molar-refractivity contribution >= 4 is 0 Å². The molecule has 0 bridgehead atoms. The number of nitrogens with one attached hydrogen (secondary N) is 1. The topological polar surface area (TPSA) is 57.2 Å². The van der Waals surface area contributed by atoms with Crippen molar-refractivity contribution in [2.75, 3.05) is 72.2 Å². The molecule has 1 aromatic carbocycles. The number of ether oxygens (including phenoxy) is 2. The summed E-state index contributed by atoms with van der Waals surface area (Å²) in [6.45, 7) is 11.1. The number of rotatable bonds is 12. The van der Waals surface area contributed by atoms with Crippen LogP contribution in [0, 0.1) is 5.92 Å². The SMILES string of the molecule is OCC1CCCN(CCNCc2ccccc2OCCCCN2CCOCC2)C1. The average molecular weight is 406 g/mol. The zero-order chi connectivity index (χ0) is 20.2. The Hall–Kier alpha value is -1.18. The summed E-state index contributed by atoms with van der Waals surface area (Å²) in [7, 11) is 0. The highest BCUT2D eigenvalue weighted by Gasteiger charge is 2.18. The Morgan fingerprint density at radius 3 is 2.79 bits per heavy atom. The summed E-state index contributed by atoms with van der Waals surface area (Å²) in [5, 5.41) is 12.9. The van der Waals surface area contributed by atoms with Gasteiger partial charge in [0.2, 0.25) is 0 Å². The van der Waals surface area contributed by atoms with Crippen LogP contribution in [0.1, 0.15) is 31.2 Å². The zero-order valence-corrected chi connectivity index (χ0v) is 17.9. The van der Waals surface area contributed by atoms with Gasteiger partial charge in [0.15, 0.2) is 0 Å². The number of morpholine rings is 1. The van der Waals surface area contributed by atoms with Gasteiger partial charge in [-0.15, -0.1) is 0 Å². The van der Waals surface area contributed by atoms with Crippen molar-refractivity contribution < 1.29 is 14.6 Å². The fourth-order valence-corrected chi connectivity index (χ4v) is 4.20. The Kier molecular flexibility index (Phi) is 10.2. The van der Waals surface area contributed by atoms with E-state index in [0.717, 1.165) is 90.8 Å². The van der Waals surface area contributed by atoms with E-state index in [1.54, 1.807) is 0 Å². The van der Waals surface area contributed by atoms with E-state index in [4.69, 9.17) is 9.47 Å². The van der Waals surface area contributed by atoms with Crippen LogP contribution in [0.4, 0.5) is 0 Å². The van der Waals surface area contributed by atoms with E-state index in [1.807, 2.05) is 0 Å². The van der Waals surface area contributed by atoms with E-state index < -0.39 is 0 Å². The van der Waals surface area contributed by atoms with Crippen molar-refractivity contribution in [1.82, 2.24) is 15.1 Å². The van der Waals surface area contributed by atoms with Crippen molar-refractivity contribution in [2.45, 2.75) is 32.2 Å². The second kappa shape index (κ2) is 13.2. The third-order valence-corrected chi connectivity index (χ3v) is 5.98. The average Bonchev–Trinajstić information content (AvgIpc) is 2.78. The van der Waals surface area contributed by atoms with Gasteiger partial charge in [-0.1, -0.05) is 18.2 Å². The van der Waals surface area contributed by atoms with Gasteiger partial charge >= 0.3 is 0 Å². The Labute approximate surface area is 176 Å². The predicted octanol–water partition coefficient (Wildman–Crippen LogP) is 1.97. The van der Waals surface area contributed by atoms with Gasteiger partial charge in [-0.05, 0) is 50.8 Å². The molecule has 1 unspecified atom stereocenters. The van der Waals surface area contributed by atoms with Gasteiger partial charge in [-0.25, -0.2) is 0 Å². The molecule has 0 saturated carbocycles. The maximum Gasteiger partial charge on any atom is 0.123 e. The highest BCUT2D eigenvalue weighted by molar-refractivity contribution is 5.33. The molecule has 2 saturated heterocycles. The minimum Gasteiger partial charge on any atom is -0.493 e. The number of hydrogen-bond donors (Lipinski definition) is 2. The highest BCUT2D eigenvalue weighted by atomic mass is 16.5. The molecule has 1 atom stereocenters. The van der Waals surface area contributed by atoms with Crippen LogP contribution in [0.5, 0.6) is 5.75 Å². The van der Waals surface area contributed by atoms with E-state index >= 15 is 0 Å². The molecular weight excluding hydrogens is 366 g/mol. The number of unbranched alkanes of at least 4 members (excludes halogenated alkanes) is 1. The number of likely N-dealkylation sites (tertiary alicyclic amines) is 1. The van der Waals surface area contributed by atoms with Crippen molar-refractivity contribution in [2.24, 2.45) is 5.92 Å². The van der Waals surface area contributed by atoms with Crippen LogP contribution in [0.3, 0.4) is 0 Å². The van der Waals surface area contributed by atoms with Gasteiger partial charge in [-0.3, -0.25) is 4.90 Å². The molecule has 1 aromatic rings. The molecule has 2 aliphatic heterocycles. The maximum absolute atomic E-state index is 9.37. The van der Waals surface area contributed by atoms with Crippen molar-refractivity contribution in [3.05, 3.63) is 29.8 Å². The third-order valence-electron chi connectivity index (χ3n) is 5.98. The molecule has 2 heterocycles. The van der Waals surface area contributed by atoms with E-state index in [-0.39, 0.29) is 0 Å². The minimum absolute atomic E-state index is 0.321. The predicted molar refractivity (Wildman–Crippen MR) is 116 cm³/mol. The van der Waals surface area contributed by atoms with Gasteiger partial charge in [0.25, 0.3) is 0 Å². The lowest BCUT2D eigenvalue weighted by molar-refractivity contribution is 0.0368. The molecule has 0 spiro atoms. The molecule has 2 aliphatic rings. The fourth-order valence-electron chi connectivity index (χ4n) is 4.20. The number of hydrogen-bond acceptors (Lipinski definition) is 6. The second-order valence-electron chi connectivity index (χ2n) is 8.29. The summed E-state index contributed by atoms with van der Waals surface area (Å²) in [5.74, 6) is 1.46. The smallest absolute Gasteiger partial charge is 0.123 e. The molecule has 0 aromatic heterocycles. The van der Waals surface area contributed by atoms with Gasteiger partial charge in [0.05, 0.1) is 19.8 Å². The van der Waals surface area contributed by atoms with E-state index in [1.165, 1.54) is 18.4 Å². The van der Waals surface area contributed by atoms with E-state index in [0.29, 0.717) is 12.5 Å². The van der Waals surface area contributed by atoms with Crippen molar-refractivity contribution in [1.29, 1.82) is 0 Å². The van der Waals surface area contributed by atoms with E-state index in [9.17, 15) is 5.11 Å². The fraction of sp³-hybridized carbons (Fsp3) is 0.739. The van der Waals surface area contributed by atoms with E-state index in [2.05, 4.69) is 39.4 Å². The molecule has 3 rings (SSSR count). The standard InChI is InChI=1S/C23H39N3O3/c27-20-21-6-5-11-26(19-21)12-9-24-18-22-7-1-2-8-23(22)29-15-4-3-10-25-13-16-28-17-14-25/h1-2,7-8,21,24,27H,3-6,9-20H2. The van der Waals surface area contributed by atoms with Crippen molar-refractivity contribution in [3.63, 3.8) is 0 Å². The summed E-state index contributed by atoms with van der Waals surface area (Å²) < 4.78 is 11.5. The van der Waals surface area contributed by atoms with Crippen molar-refractivity contribution in [3.8, 4) is 5.75 Å². The van der Waals surface area contributed by atoms with Gasteiger partial charge in [0.1, 0.15) is 5.75 Å². The first-order chi connectivity index (χ1) is 14.3. The number of nitrogens with zero attached hydrogens (tertiary/aromatic N) is 2. The first kappa shape index (κ1) is 22.5. The lowest BCUT2D eigenvalue weighted by Gasteiger charge is -2.31. The van der Waals surface area contributed by atoms with Gasteiger partial charge in [0, 0.05) is 51.4 Å². The highest BCUT2D eigenvalue weighted by Crippen LogP contribution is 2.18. The molecule has 0 radical (unpaired) electrons. The van der Waals surface area contributed by atoms with Gasteiger partial charge in [-0.2, -0.15) is 0 Å². The van der Waals surface area contributed by atoms with Crippen LogP contribution < -0.4 is 10.1 Å². The number of piperidine rings is 1. The molecule has 0 aliphatic carbocycles. The number of para-hydroxylation sites is 1. The lowest BCUT2D eigenvalue weighted by atomic mass is 9.99. The number of aliphatic hydroxyl groups excluding tert-OH is 1. The third kappa shape index (κ3) is 8.22. The van der Waals surface area contributed by atoms with Crippen LogP contribution in [-0.2, 0) is 11.3 Å². The lowest BCUT2D eigenvalue weighted by Crippen LogP contribution is -2.40. The number of aliphatic hydroxyl groups is 1. The second-order valence-corrected chi connectivity index (χ2v) is 8.29. The molecule has 6 nitrogen and oxygen atoms in total. The summed E-state index contributed by atoms with van der Waals surface area (Å²) in [4.78, 5) is 4.95. The summed E-state index contributed by atoms with van der Waals surface area (Å²) in [6.07, 6.45) is 4.62. The number of benzene rings is 1. The zero-order valence-electron chi connectivity index (χ0n) is 17.9. The van der Waals surface area contributed by atoms with Crippen LogP contribution in [0.2, 0.25) is 0 Å². The summed E-state index contributed by atoms with van der Waals surface area (Å²) in [5.41, 5.74) is 1.23. The largest absolute Gasteiger partial charge is 0.493 e. The normalized spacial score (nSPS) is 21.3. The molecule has 29 heavy (non-hydrogen) atoms. The molecule has 2 N–H and O–H groups in total. The molecule has 2 fully saturated rings. The van der Waals surface area contributed by atoms with Crippen LogP contribution in [-0.4, -0.2) is 87.1 Å². The Morgan fingerprint density at radius 2 is 1.93 bits per heavy atom. The minimum atomic E-state index is 0.321. The monoisotopic (exact) mass is 405 g/mol. The summed E-state index contributed by atoms with van der Waals surface area (Å²) in [6, 6.07) is 8.36. The first-order valence-electron chi connectivity index (χ1n) is 11.4. The molecule has 6 heteroatoms. The maximum atomic E-state index is 9.37. The molecule has 164 valence electrons. The Morgan fingerprint density at radius 1 is 1.07 bits per heavy atom. The molecular formula is C23H39N3O3. The quantitative estimate of drug-likeness (QED) is 0.519. The molecule has 0 amide bonds. The van der Waals surface area contributed by atoms with Gasteiger partial charge < -0.3 is 24.8 Å². The van der Waals surface area contributed by atoms with Crippen LogP contribution in [0.25, 0.3) is 0 Å². The first-order valence-corrected chi connectivity index (χ1v) is 11.4. The summed E-state index contributed by atoms with van der Waals surface area (Å²) >= 11 is 0. The Bertz CT molecular complexity index is 566. The Balaban J connectivity index is 1.30.